The van der Waals surface area contributed by atoms with Crippen LogP contribution in [-0.4, -0.2) is 46.1 Å². The van der Waals surface area contributed by atoms with Crippen LogP contribution in [0.3, 0.4) is 0 Å². The maximum atomic E-state index is 5.90. The van der Waals surface area contributed by atoms with Crippen molar-refractivity contribution in [2.24, 2.45) is 4.99 Å². The van der Waals surface area contributed by atoms with Crippen molar-refractivity contribution in [1.82, 2.24) is 10.6 Å². The van der Waals surface area contributed by atoms with Crippen LogP contribution in [0.4, 0.5) is 0 Å². The number of aliphatic imine (C=N–C) groups is 1. The molecule has 1 aliphatic rings. The van der Waals surface area contributed by atoms with E-state index in [4.69, 9.17) is 18.9 Å². The van der Waals surface area contributed by atoms with E-state index in [1.807, 2.05) is 43.3 Å². The van der Waals surface area contributed by atoms with Crippen molar-refractivity contribution in [2.45, 2.75) is 19.4 Å². The van der Waals surface area contributed by atoms with Crippen LogP contribution in [0, 0.1) is 0 Å². The number of rotatable bonds is 8. The first-order chi connectivity index (χ1) is 13.7. The zero-order chi connectivity index (χ0) is 19.8. The van der Waals surface area contributed by atoms with Gasteiger partial charge in [0.2, 0.25) is 6.79 Å². The summed E-state index contributed by atoms with van der Waals surface area (Å²) in [6, 6.07) is 13.6. The Balaban J connectivity index is 0.00000300. The Bertz CT molecular complexity index is 799. The molecule has 1 heterocycles. The van der Waals surface area contributed by atoms with Gasteiger partial charge in [0.15, 0.2) is 17.5 Å². The second-order valence-corrected chi connectivity index (χ2v) is 6.42. The van der Waals surface area contributed by atoms with E-state index >= 15 is 0 Å². The van der Waals surface area contributed by atoms with Crippen molar-refractivity contribution in [3.8, 4) is 23.0 Å². The van der Waals surface area contributed by atoms with E-state index in [0.717, 1.165) is 41.9 Å². The van der Waals surface area contributed by atoms with Gasteiger partial charge in [-0.1, -0.05) is 6.07 Å². The molecule has 8 heteroatoms. The fourth-order valence-electron chi connectivity index (χ4n) is 2.81. The van der Waals surface area contributed by atoms with Crippen molar-refractivity contribution in [2.75, 3.05) is 34.0 Å². The molecule has 0 fully saturated rings. The molecule has 1 atom stereocenters. The van der Waals surface area contributed by atoms with Gasteiger partial charge in [-0.25, -0.2) is 0 Å². The third-order valence-corrected chi connectivity index (χ3v) is 4.32. The average Bonchev–Trinajstić information content (AvgIpc) is 3.19. The molecule has 3 rings (SSSR count). The summed E-state index contributed by atoms with van der Waals surface area (Å²) >= 11 is 0. The van der Waals surface area contributed by atoms with Gasteiger partial charge < -0.3 is 29.6 Å². The number of nitrogens with zero attached hydrogens (tertiary/aromatic N) is 1. The minimum Gasteiger partial charge on any atom is -0.497 e. The molecule has 0 aliphatic carbocycles. The summed E-state index contributed by atoms with van der Waals surface area (Å²) in [7, 11) is 3.40. The molecular formula is C21H28IN3O4. The average molecular weight is 513 g/mol. The maximum absolute atomic E-state index is 5.90. The van der Waals surface area contributed by atoms with E-state index in [9.17, 15) is 0 Å². The number of methoxy groups -OCH3 is 1. The zero-order valence-corrected chi connectivity index (χ0v) is 19.3. The molecule has 0 amide bonds. The number of nitrogens with one attached hydrogen (secondary N) is 2. The lowest BCUT2D eigenvalue weighted by atomic mass is 10.1. The maximum Gasteiger partial charge on any atom is 0.231 e. The Hall–Kier alpha value is -2.36. The molecule has 0 bridgehead atoms. The van der Waals surface area contributed by atoms with Crippen LogP contribution in [0.25, 0.3) is 0 Å². The van der Waals surface area contributed by atoms with E-state index in [0.29, 0.717) is 13.3 Å². The summed E-state index contributed by atoms with van der Waals surface area (Å²) in [6.45, 7) is 3.70. The monoisotopic (exact) mass is 513 g/mol. The van der Waals surface area contributed by atoms with E-state index in [2.05, 4.69) is 21.7 Å². The number of hydrogen-bond donors (Lipinski definition) is 2. The smallest absolute Gasteiger partial charge is 0.231 e. The van der Waals surface area contributed by atoms with Crippen molar-refractivity contribution in [3.05, 3.63) is 48.0 Å². The number of fused-ring (bicyclic) bond motifs is 1. The van der Waals surface area contributed by atoms with Crippen LogP contribution in [0.5, 0.6) is 23.0 Å². The molecule has 2 N–H and O–H groups in total. The van der Waals surface area contributed by atoms with Crippen LogP contribution in [0.15, 0.2) is 47.5 Å². The largest absolute Gasteiger partial charge is 0.497 e. The van der Waals surface area contributed by atoms with Gasteiger partial charge in [-0.05, 0) is 55.3 Å². The molecule has 0 radical (unpaired) electrons. The van der Waals surface area contributed by atoms with Gasteiger partial charge in [0.1, 0.15) is 17.6 Å². The number of halogens is 1. The summed E-state index contributed by atoms with van der Waals surface area (Å²) in [5, 5.41) is 6.60. The topological polar surface area (TPSA) is 73.3 Å². The lowest BCUT2D eigenvalue weighted by Crippen LogP contribution is -2.42. The van der Waals surface area contributed by atoms with Crippen LogP contribution in [0.2, 0.25) is 0 Å². The molecule has 0 spiro atoms. The molecule has 2 aromatic rings. The zero-order valence-electron chi connectivity index (χ0n) is 16.9. The number of hydrogen-bond acceptors (Lipinski definition) is 5. The van der Waals surface area contributed by atoms with Crippen molar-refractivity contribution in [3.63, 3.8) is 0 Å². The Morgan fingerprint density at radius 3 is 2.52 bits per heavy atom. The quantitative estimate of drug-likeness (QED) is 0.321. The van der Waals surface area contributed by atoms with E-state index in [1.54, 1.807) is 14.2 Å². The highest BCUT2D eigenvalue weighted by Crippen LogP contribution is 2.32. The van der Waals surface area contributed by atoms with Crippen LogP contribution in [-0.2, 0) is 6.42 Å². The highest BCUT2D eigenvalue weighted by molar-refractivity contribution is 14.0. The third kappa shape index (κ3) is 6.88. The molecule has 0 saturated carbocycles. The summed E-state index contributed by atoms with van der Waals surface area (Å²) < 4.78 is 21.8. The summed E-state index contributed by atoms with van der Waals surface area (Å²) in [6.07, 6.45) is 0.843. The Morgan fingerprint density at radius 2 is 1.79 bits per heavy atom. The summed E-state index contributed by atoms with van der Waals surface area (Å²) in [5.41, 5.74) is 1.18. The van der Waals surface area contributed by atoms with Crippen LogP contribution in [0.1, 0.15) is 12.5 Å². The van der Waals surface area contributed by atoms with Gasteiger partial charge in [0, 0.05) is 13.6 Å². The van der Waals surface area contributed by atoms with Gasteiger partial charge >= 0.3 is 0 Å². The van der Waals surface area contributed by atoms with E-state index < -0.39 is 0 Å². The van der Waals surface area contributed by atoms with E-state index in [-0.39, 0.29) is 30.1 Å². The number of guanidine groups is 1. The van der Waals surface area contributed by atoms with Crippen LogP contribution < -0.4 is 29.6 Å². The van der Waals surface area contributed by atoms with Crippen molar-refractivity contribution < 1.29 is 18.9 Å². The van der Waals surface area contributed by atoms with Crippen molar-refractivity contribution >= 4 is 29.9 Å². The second kappa shape index (κ2) is 11.6. The standard InChI is InChI=1S/C21H27N3O4.HI/c1-15(28-18-7-5-17(25-3)6-8-18)13-24-21(22-2)23-11-10-16-4-9-19-20(12-16)27-14-26-19;/h4-9,12,15H,10-11,13-14H2,1-3H3,(H2,22,23,24);1H. The van der Waals surface area contributed by atoms with Crippen molar-refractivity contribution in [1.29, 1.82) is 0 Å². The lowest BCUT2D eigenvalue weighted by Gasteiger charge is -2.18. The van der Waals surface area contributed by atoms with Gasteiger partial charge in [-0.3, -0.25) is 4.99 Å². The predicted octanol–water partition coefficient (Wildman–Crippen LogP) is 3.22. The molecule has 29 heavy (non-hydrogen) atoms. The Kier molecular flexibility index (Phi) is 9.17. The highest BCUT2D eigenvalue weighted by Gasteiger charge is 2.13. The third-order valence-electron chi connectivity index (χ3n) is 4.32. The second-order valence-electron chi connectivity index (χ2n) is 6.42. The Morgan fingerprint density at radius 1 is 1.07 bits per heavy atom. The summed E-state index contributed by atoms with van der Waals surface area (Å²) in [4.78, 5) is 4.26. The first kappa shape index (κ1) is 22.9. The number of ether oxygens (including phenoxy) is 4. The first-order valence-corrected chi connectivity index (χ1v) is 9.31. The summed E-state index contributed by atoms with van der Waals surface area (Å²) in [5.74, 6) is 3.97. The molecule has 0 aromatic heterocycles. The minimum absolute atomic E-state index is 0. The molecular weight excluding hydrogens is 485 g/mol. The van der Waals surface area contributed by atoms with Crippen LogP contribution >= 0.6 is 24.0 Å². The van der Waals surface area contributed by atoms with Gasteiger partial charge in [-0.2, -0.15) is 0 Å². The lowest BCUT2D eigenvalue weighted by molar-refractivity contribution is 0.174. The molecule has 1 aliphatic heterocycles. The fourth-order valence-corrected chi connectivity index (χ4v) is 2.81. The van der Waals surface area contributed by atoms with Gasteiger partial charge in [0.05, 0.1) is 13.7 Å². The molecule has 1 unspecified atom stereocenters. The fraction of sp³-hybridized carbons (Fsp3) is 0.381. The predicted molar refractivity (Wildman–Crippen MR) is 124 cm³/mol. The highest BCUT2D eigenvalue weighted by atomic mass is 127. The number of benzene rings is 2. The van der Waals surface area contributed by atoms with E-state index in [1.165, 1.54) is 5.56 Å². The van der Waals surface area contributed by atoms with Gasteiger partial charge in [0.25, 0.3) is 0 Å². The first-order valence-electron chi connectivity index (χ1n) is 9.31. The molecule has 0 saturated heterocycles. The molecule has 158 valence electrons. The normalized spacial score (nSPS) is 13.3. The Labute approximate surface area is 188 Å². The molecule has 7 nitrogen and oxygen atoms in total. The SMILES string of the molecule is CN=C(NCCc1ccc2c(c1)OCO2)NCC(C)Oc1ccc(OC)cc1.I. The molecule has 2 aromatic carbocycles. The van der Waals surface area contributed by atoms with Gasteiger partial charge in [-0.15, -0.1) is 24.0 Å². The minimum atomic E-state index is -0.0131.